The minimum absolute atomic E-state index is 0.136. The monoisotopic (exact) mass is 359 g/mol. The lowest BCUT2D eigenvalue weighted by atomic mass is 10.1. The van der Waals surface area contributed by atoms with Crippen molar-refractivity contribution < 1.29 is 4.79 Å². The number of aromatic nitrogens is 2. The van der Waals surface area contributed by atoms with Crippen molar-refractivity contribution in [1.82, 2.24) is 9.59 Å². The molecule has 21 heavy (non-hydrogen) atoms. The molecule has 6 heteroatoms. The summed E-state index contributed by atoms with van der Waals surface area (Å²) in [7, 11) is 0. The Bertz CT molecular complexity index is 757. The number of benzene rings is 2. The smallest absolute Gasteiger partial charge is 0.255 e. The maximum atomic E-state index is 12.1. The standard InChI is InChI=1S/C15H10BrN3OS/c16-12-3-1-2-11(8-12)15(20)18-13-6-4-10(5-7-13)14-9-17-19-21-14/h1-9H,(H,18,20). The number of carbonyl (C=O) groups is 1. The normalized spacial score (nSPS) is 10.3. The summed E-state index contributed by atoms with van der Waals surface area (Å²) in [6.45, 7) is 0. The van der Waals surface area contributed by atoms with Gasteiger partial charge in [0, 0.05) is 15.7 Å². The number of nitrogens with zero attached hydrogens (tertiary/aromatic N) is 2. The molecule has 0 fully saturated rings. The van der Waals surface area contributed by atoms with Crippen LogP contribution in [-0.2, 0) is 0 Å². The Morgan fingerprint density at radius 2 is 1.95 bits per heavy atom. The van der Waals surface area contributed by atoms with Crippen molar-refractivity contribution in [2.45, 2.75) is 0 Å². The molecule has 104 valence electrons. The van der Waals surface area contributed by atoms with Crippen LogP contribution in [0.5, 0.6) is 0 Å². The topological polar surface area (TPSA) is 54.9 Å². The zero-order valence-corrected chi connectivity index (χ0v) is 13.2. The lowest BCUT2D eigenvalue weighted by Gasteiger charge is -2.06. The predicted octanol–water partition coefficient (Wildman–Crippen LogP) is 4.22. The van der Waals surface area contributed by atoms with Crippen LogP contribution in [0.2, 0.25) is 0 Å². The van der Waals surface area contributed by atoms with E-state index < -0.39 is 0 Å². The molecular weight excluding hydrogens is 350 g/mol. The zero-order chi connectivity index (χ0) is 14.7. The molecule has 0 aliphatic heterocycles. The molecule has 0 atom stereocenters. The van der Waals surface area contributed by atoms with Gasteiger partial charge in [-0.15, -0.1) is 5.10 Å². The number of nitrogens with one attached hydrogen (secondary N) is 1. The van der Waals surface area contributed by atoms with E-state index in [1.54, 1.807) is 18.3 Å². The first-order chi connectivity index (χ1) is 10.2. The van der Waals surface area contributed by atoms with Gasteiger partial charge in [-0.2, -0.15) is 0 Å². The predicted molar refractivity (Wildman–Crippen MR) is 87.4 cm³/mol. The third-order valence-electron chi connectivity index (χ3n) is 2.88. The summed E-state index contributed by atoms with van der Waals surface area (Å²) < 4.78 is 4.71. The van der Waals surface area contributed by atoms with Crippen molar-refractivity contribution in [2.24, 2.45) is 0 Å². The number of hydrogen-bond donors (Lipinski definition) is 1. The van der Waals surface area contributed by atoms with Gasteiger partial charge in [-0.05, 0) is 47.4 Å². The fraction of sp³-hybridized carbons (Fsp3) is 0. The van der Waals surface area contributed by atoms with E-state index in [9.17, 15) is 4.79 Å². The highest BCUT2D eigenvalue weighted by Gasteiger charge is 2.07. The molecule has 0 radical (unpaired) electrons. The first-order valence-corrected chi connectivity index (χ1v) is 7.74. The maximum Gasteiger partial charge on any atom is 0.255 e. The Labute approximate surface area is 134 Å². The van der Waals surface area contributed by atoms with Crippen LogP contribution < -0.4 is 5.32 Å². The molecule has 1 N–H and O–H groups in total. The Balaban J connectivity index is 1.75. The van der Waals surface area contributed by atoms with Gasteiger partial charge in [0.2, 0.25) is 0 Å². The zero-order valence-electron chi connectivity index (χ0n) is 10.8. The summed E-state index contributed by atoms with van der Waals surface area (Å²) in [5, 5.41) is 6.68. The number of hydrogen-bond acceptors (Lipinski definition) is 4. The van der Waals surface area contributed by atoms with Crippen molar-refractivity contribution in [1.29, 1.82) is 0 Å². The van der Waals surface area contributed by atoms with Gasteiger partial charge in [-0.25, -0.2) is 0 Å². The van der Waals surface area contributed by atoms with Crippen LogP contribution in [-0.4, -0.2) is 15.5 Å². The second-order valence-corrected chi connectivity index (χ2v) is 6.02. The molecule has 0 aliphatic carbocycles. The molecule has 4 nitrogen and oxygen atoms in total. The average molecular weight is 360 g/mol. The van der Waals surface area contributed by atoms with Crippen LogP contribution >= 0.6 is 27.5 Å². The van der Waals surface area contributed by atoms with Crippen molar-refractivity contribution in [2.75, 3.05) is 5.32 Å². The Kier molecular flexibility index (Phi) is 4.08. The molecule has 1 heterocycles. The van der Waals surface area contributed by atoms with Crippen LogP contribution in [0.15, 0.2) is 59.2 Å². The fourth-order valence-corrected chi connectivity index (χ4v) is 2.76. The van der Waals surface area contributed by atoms with Gasteiger partial charge in [0.25, 0.3) is 5.91 Å². The molecular formula is C15H10BrN3OS. The molecule has 0 spiro atoms. The van der Waals surface area contributed by atoms with E-state index in [2.05, 4.69) is 30.8 Å². The number of carbonyl (C=O) groups excluding carboxylic acids is 1. The second-order valence-electron chi connectivity index (χ2n) is 4.32. The van der Waals surface area contributed by atoms with E-state index in [0.717, 1.165) is 20.6 Å². The Morgan fingerprint density at radius 1 is 1.14 bits per heavy atom. The first-order valence-electron chi connectivity index (χ1n) is 6.17. The fourth-order valence-electron chi connectivity index (χ4n) is 1.85. The Morgan fingerprint density at radius 3 is 2.62 bits per heavy atom. The van der Waals surface area contributed by atoms with Crippen LogP contribution in [0.25, 0.3) is 10.4 Å². The number of rotatable bonds is 3. The van der Waals surface area contributed by atoms with E-state index in [0.29, 0.717) is 5.56 Å². The third kappa shape index (κ3) is 3.34. The van der Waals surface area contributed by atoms with E-state index in [-0.39, 0.29) is 5.91 Å². The molecule has 3 rings (SSSR count). The van der Waals surface area contributed by atoms with Gasteiger partial charge in [-0.3, -0.25) is 4.79 Å². The third-order valence-corrected chi connectivity index (χ3v) is 4.08. The van der Waals surface area contributed by atoms with Gasteiger partial charge < -0.3 is 5.32 Å². The van der Waals surface area contributed by atoms with E-state index >= 15 is 0 Å². The van der Waals surface area contributed by atoms with Crippen molar-refractivity contribution in [3.63, 3.8) is 0 Å². The van der Waals surface area contributed by atoms with Crippen molar-refractivity contribution in [3.8, 4) is 10.4 Å². The molecule has 3 aromatic rings. The summed E-state index contributed by atoms with van der Waals surface area (Å²) in [5.41, 5.74) is 2.40. The minimum Gasteiger partial charge on any atom is -0.322 e. The van der Waals surface area contributed by atoms with Gasteiger partial charge in [-0.1, -0.05) is 38.6 Å². The van der Waals surface area contributed by atoms with Gasteiger partial charge in [0.05, 0.1) is 11.1 Å². The highest BCUT2D eigenvalue weighted by Crippen LogP contribution is 2.23. The summed E-state index contributed by atoms with van der Waals surface area (Å²) in [4.78, 5) is 13.1. The van der Waals surface area contributed by atoms with Gasteiger partial charge in [0.15, 0.2) is 0 Å². The van der Waals surface area contributed by atoms with Gasteiger partial charge in [0.1, 0.15) is 0 Å². The Hall–Kier alpha value is -2.05. The average Bonchev–Trinajstić information content (AvgIpc) is 3.02. The number of amides is 1. The molecule has 0 aliphatic rings. The van der Waals surface area contributed by atoms with Crippen LogP contribution in [0.1, 0.15) is 10.4 Å². The lowest BCUT2D eigenvalue weighted by Crippen LogP contribution is -2.11. The molecule has 0 saturated heterocycles. The number of halogens is 1. The molecule has 2 aromatic carbocycles. The number of anilines is 1. The highest BCUT2D eigenvalue weighted by molar-refractivity contribution is 9.10. The van der Waals surface area contributed by atoms with Crippen LogP contribution in [0, 0.1) is 0 Å². The van der Waals surface area contributed by atoms with Crippen molar-refractivity contribution in [3.05, 3.63) is 64.8 Å². The van der Waals surface area contributed by atoms with Crippen LogP contribution in [0.3, 0.4) is 0 Å². The molecule has 0 unspecified atom stereocenters. The van der Waals surface area contributed by atoms with E-state index in [1.165, 1.54) is 11.5 Å². The SMILES string of the molecule is O=C(Nc1ccc(-c2cnns2)cc1)c1cccc(Br)c1. The highest BCUT2D eigenvalue weighted by atomic mass is 79.9. The van der Waals surface area contributed by atoms with E-state index in [4.69, 9.17) is 0 Å². The quantitative estimate of drug-likeness (QED) is 0.761. The second kappa shape index (κ2) is 6.15. The molecule has 1 amide bonds. The molecule has 0 bridgehead atoms. The van der Waals surface area contributed by atoms with E-state index in [1.807, 2.05) is 36.4 Å². The first kappa shape index (κ1) is 13.9. The van der Waals surface area contributed by atoms with Gasteiger partial charge >= 0.3 is 0 Å². The molecule has 0 saturated carbocycles. The summed E-state index contributed by atoms with van der Waals surface area (Å²) in [5.74, 6) is -0.136. The lowest BCUT2D eigenvalue weighted by molar-refractivity contribution is 0.102. The van der Waals surface area contributed by atoms with Crippen LogP contribution in [0.4, 0.5) is 5.69 Å². The summed E-state index contributed by atoms with van der Waals surface area (Å²) in [6.07, 6.45) is 1.72. The largest absolute Gasteiger partial charge is 0.322 e. The van der Waals surface area contributed by atoms with Crippen molar-refractivity contribution >= 4 is 39.1 Å². The maximum absolute atomic E-state index is 12.1. The molecule has 1 aromatic heterocycles. The summed E-state index contributed by atoms with van der Waals surface area (Å²) >= 11 is 4.70. The minimum atomic E-state index is -0.136. The summed E-state index contributed by atoms with van der Waals surface area (Å²) in [6, 6.07) is 14.9.